The maximum Gasteiger partial charge on any atom is 0.191 e. The highest BCUT2D eigenvalue weighted by Crippen LogP contribution is 2.57. The van der Waals surface area contributed by atoms with E-state index >= 15 is 0 Å². The van der Waals surface area contributed by atoms with Gasteiger partial charge in [-0.15, -0.1) is 24.0 Å². The minimum atomic E-state index is 0. The Kier molecular flexibility index (Phi) is 5.01. The van der Waals surface area contributed by atoms with Crippen molar-refractivity contribution in [2.75, 3.05) is 19.6 Å². The van der Waals surface area contributed by atoms with Crippen LogP contribution in [0.3, 0.4) is 0 Å². The number of rotatable bonds is 3. The highest BCUT2D eigenvalue weighted by Gasteiger charge is 2.48. The van der Waals surface area contributed by atoms with E-state index in [1.807, 2.05) is 0 Å². The first-order valence-corrected chi connectivity index (χ1v) is 7.74. The zero-order valence-electron chi connectivity index (χ0n) is 12.1. The Labute approximate surface area is 134 Å². The molecule has 0 aromatic heterocycles. The van der Waals surface area contributed by atoms with Crippen molar-refractivity contribution in [1.29, 1.82) is 0 Å². The van der Waals surface area contributed by atoms with Gasteiger partial charge < -0.3 is 10.6 Å². The van der Waals surface area contributed by atoms with Gasteiger partial charge in [0.25, 0.3) is 0 Å². The number of nitrogens with two attached hydrogens (primary N) is 1. The van der Waals surface area contributed by atoms with Gasteiger partial charge in [-0.2, -0.15) is 0 Å². The first-order chi connectivity index (χ1) is 8.70. The van der Waals surface area contributed by atoms with E-state index in [1.165, 1.54) is 44.9 Å². The van der Waals surface area contributed by atoms with Crippen LogP contribution in [0.4, 0.5) is 0 Å². The Morgan fingerprint density at radius 2 is 2.00 bits per heavy atom. The number of likely N-dealkylation sites (tertiary alicyclic amines) is 1. The zero-order chi connectivity index (χ0) is 12.6. The van der Waals surface area contributed by atoms with Crippen LogP contribution in [0.5, 0.6) is 0 Å². The van der Waals surface area contributed by atoms with E-state index in [1.54, 1.807) is 0 Å². The number of hydrogen-bond donors (Lipinski definition) is 1. The predicted molar refractivity (Wildman–Crippen MR) is 90.9 cm³/mol. The fraction of sp³-hybridized carbons (Fsp3) is 0.933. The van der Waals surface area contributed by atoms with Crippen LogP contribution in [0, 0.1) is 17.3 Å². The molecule has 1 aliphatic heterocycles. The third-order valence-corrected chi connectivity index (χ3v) is 5.33. The summed E-state index contributed by atoms with van der Waals surface area (Å²) in [5.41, 5.74) is 6.75. The van der Waals surface area contributed by atoms with Crippen molar-refractivity contribution < 1.29 is 0 Å². The fourth-order valence-corrected chi connectivity index (χ4v) is 3.76. The summed E-state index contributed by atoms with van der Waals surface area (Å²) in [7, 11) is 0. The molecule has 110 valence electrons. The molecule has 0 amide bonds. The summed E-state index contributed by atoms with van der Waals surface area (Å²) < 4.78 is 0. The lowest BCUT2D eigenvalue weighted by Crippen LogP contribution is -2.44. The molecule has 2 N–H and O–H groups in total. The summed E-state index contributed by atoms with van der Waals surface area (Å²) in [4.78, 5) is 7.06. The number of nitrogens with zero attached hydrogens (tertiary/aromatic N) is 2. The van der Waals surface area contributed by atoms with Gasteiger partial charge in [0.05, 0.1) is 0 Å². The molecule has 19 heavy (non-hydrogen) atoms. The van der Waals surface area contributed by atoms with Crippen LogP contribution in [0.1, 0.15) is 51.9 Å². The Balaban J connectivity index is 0.00000133. The number of halogens is 1. The van der Waals surface area contributed by atoms with Crippen molar-refractivity contribution in [3.8, 4) is 0 Å². The zero-order valence-corrected chi connectivity index (χ0v) is 14.4. The van der Waals surface area contributed by atoms with Gasteiger partial charge >= 0.3 is 0 Å². The minimum Gasteiger partial charge on any atom is -0.370 e. The van der Waals surface area contributed by atoms with Crippen LogP contribution in [0.15, 0.2) is 4.99 Å². The molecule has 1 unspecified atom stereocenters. The lowest BCUT2D eigenvalue weighted by molar-refractivity contribution is 0.112. The first-order valence-electron chi connectivity index (χ1n) is 7.74. The van der Waals surface area contributed by atoms with Crippen LogP contribution < -0.4 is 5.73 Å². The largest absolute Gasteiger partial charge is 0.370 e. The molecule has 0 spiro atoms. The van der Waals surface area contributed by atoms with Crippen molar-refractivity contribution in [3.63, 3.8) is 0 Å². The molecule has 2 saturated carbocycles. The van der Waals surface area contributed by atoms with Crippen LogP contribution in [-0.4, -0.2) is 30.5 Å². The van der Waals surface area contributed by atoms with Crippen molar-refractivity contribution in [3.05, 3.63) is 0 Å². The van der Waals surface area contributed by atoms with Gasteiger partial charge in [0.1, 0.15) is 0 Å². The highest BCUT2D eigenvalue weighted by molar-refractivity contribution is 14.0. The van der Waals surface area contributed by atoms with Crippen LogP contribution in [0.25, 0.3) is 0 Å². The molecule has 0 aromatic rings. The van der Waals surface area contributed by atoms with Gasteiger partial charge in [-0.25, -0.2) is 0 Å². The molecule has 1 saturated heterocycles. The van der Waals surface area contributed by atoms with E-state index in [2.05, 4.69) is 11.8 Å². The normalized spacial score (nSPS) is 30.5. The highest BCUT2D eigenvalue weighted by atomic mass is 127. The van der Waals surface area contributed by atoms with E-state index in [-0.39, 0.29) is 24.0 Å². The molecule has 4 heteroatoms. The molecular formula is C15H28IN3. The van der Waals surface area contributed by atoms with Gasteiger partial charge in [0, 0.05) is 19.6 Å². The van der Waals surface area contributed by atoms with E-state index in [4.69, 9.17) is 10.7 Å². The molecule has 2 aliphatic carbocycles. The second-order valence-electron chi connectivity index (χ2n) is 6.86. The summed E-state index contributed by atoms with van der Waals surface area (Å²) in [5.74, 6) is 2.56. The van der Waals surface area contributed by atoms with Crippen molar-refractivity contribution in [1.82, 2.24) is 4.90 Å². The molecule has 3 rings (SSSR count). The standard InChI is InChI=1S/C15H27N3.HI/c1-12-4-2-9-18(10-12)14(16)17-11-15(7-3-8-15)13-5-6-13;/h12-13H,2-11H2,1H3,(H2,16,17);1H. The average molecular weight is 377 g/mol. The Morgan fingerprint density at radius 1 is 1.26 bits per heavy atom. The van der Waals surface area contributed by atoms with Gasteiger partial charge in [0.2, 0.25) is 0 Å². The van der Waals surface area contributed by atoms with E-state index in [0.29, 0.717) is 5.41 Å². The summed E-state index contributed by atoms with van der Waals surface area (Å²) >= 11 is 0. The SMILES string of the molecule is CC1CCCN(C(N)=NCC2(C3CC3)CCC2)C1.I. The Morgan fingerprint density at radius 3 is 2.53 bits per heavy atom. The topological polar surface area (TPSA) is 41.6 Å². The molecule has 0 bridgehead atoms. The van der Waals surface area contributed by atoms with Gasteiger partial charge in [-0.05, 0) is 55.8 Å². The average Bonchev–Trinajstić information content (AvgIpc) is 3.12. The molecule has 1 heterocycles. The maximum atomic E-state index is 6.19. The second kappa shape index (κ2) is 6.19. The summed E-state index contributed by atoms with van der Waals surface area (Å²) in [5, 5.41) is 0. The smallest absolute Gasteiger partial charge is 0.191 e. The maximum absolute atomic E-state index is 6.19. The Hall–Kier alpha value is 0. The molecular weight excluding hydrogens is 349 g/mol. The van der Waals surface area contributed by atoms with Crippen LogP contribution in [0.2, 0.25) is 0 Å². The van der Waals surface area contributed by atoms with Crippen LogP contribution >= 0.6 is 24.0 Å². The molecule has 0 aromatic carbocycles. The van der Waals surface area contributed by atoms with Gasteiger partial charge in [0.15, 0.2) is 5.96 Å². The lowest BCUT2D eigenvalue weighted by Gasteiger charge is -2.41. The number of hydrogen-bond acceptors (Lipinski definition) is 1. The quantitative estimate of drug-likeness (QED) is 0.466. The van der Waals surface area contributed by atoms with E-state index in [0.717, 1.165) is 37.4 Å². The summed E-state index contributed by atoms with van der Waals surface area (Å²) in [6.45, 7) is 5.52. The van der Waals surface area contributed by atoms with E-state index < -0.39 is 0 Å². The van der Waals surface area contributed by atoms with Crippen molar-refractivity contribution in [2.45, 2.75) is 51.9 Å². The van der Waals surface area contributed by atoms with Crippen molar-refractivity contribution in [2.24, 2.45) is 28.0 Å². The first kappa shape index (κ1) is 15.4. The van der Waals surface area contributed by atoms with Gasteiger partial charge in [-0.1, -0.05) is 13.3 Å². The molecule has 3 fully saturated rings. The third kappa shape index (κ3) is 3.37. The molecule has 0 radical (unpaired) electrons. The minimum absolute atomic E-state index is 0. The number of aliphatic imine (C=N–C) groups is 1. The Bertz CT molecular complexity index is 334. The molecule has 3 aliphatic rings. The van der Waals surface area contributed by atoms with Crippen LogP contribution in [-0.2, 0) is 0 Å². The lowest BCUT2D eigenvalue weighted by atomic mass is 9.65. The van der Waals surface area contributed by atoms with Crippen molar-refractivity contribution >= 4 is 29.9 Å². The third-order valence-electron chi connectivity index (χ3n) is 5.33. The predicted octanol–water partition coefficient (Wildman–Crippen LogP) is 3.23. The number of piperidine rings is 1. The molecule has 3 nitrogen and oxygen atoms in total. The monoisotopic (exact) mass is 377 g/mol. The summed E-state index contributed by atoms with van der Waals surface area (Å²) in [6, 6.07) is 0. The second-order valence-corrected chi connectivity index (χ2v) is 6.86. The fourth-order valence-electron chi connectivity index (χ4n) is 3.76. The number of guanidine groups is 1. The molecule has 1 atom stereocenters. The summed E-state index contributed by atoms with van der Waals surface area (Å²) in [6.07, 6.45) is 9.69. The van der Waals surface area contributed by atoms with Gasteiger partial charge in [-0.3, -0.25) is 4.99 Å². The van der Waals surface area contributed by atoms with E-state index in [9.17, 15) is 0 Å².